The van der Waals surface area contributed by atoms with Gasteiger partial charge in [-0.1, -0.05) is 51.7 Å². The number of carbonyl (C=O) groups is 1. The van der Waals surface area contributed by atoms with Gasteiger partial charge in [0, 0.05) is 43.2 Å². The van der Waals surface area contributed by atoms with E-state index >= 15 is 0 Å². The van der Waals surface area contributed by atoms with Gasteiger partial charge in [-0.05, 0) is 79.5 Å². The molecule has 4 aliphatic heterocycles. The average molecular weight is 655 g/mol. The molecule has 2 atom stereocenters. The molecule has 3 saturated heterocycles. The van der Waals surface area contributed by atoms with Crippen LogP contribution in [0.3, 0.4) is 0 Å². The number of quaternary nitrogens is 1. The van der Waals surface area contributed by atoms with Crippen molar-refractivity contribution in [2.45, 2.75) is 95.0 Å². The third kappa shape index (κ3) is 7.57. The summed E-state index contributed by atoms with van der Waals surface area (Å²) in [5, 5.41) is 15.4. The second kappa shape index (κ2) is 14.7. The molecular formula is C37H56N3O5S+. The molecule has 0 saturated carbocycles. The number of carbonyl (C=O) groups excluding carboxylic acids is 1. The van der Waals surface area contributed by atoms with Crippen LogP contribution in [0.5, 0.6) is 0 Å². The van der Waals surface area contributed by atoms with Crippen LogP contribution in [0.1, 0.15) is 95.1 Å². The highest BCUT2D eigenvalue weighted by Gasteiger charge is 2.49. The number of sulfone groups is 1. The van der Waals surface area contributed by atoms with E-state index < -0.39 is 33.4 Å². The number of unbranched alkanes of at least 4 members (excludes halogenated alkanes) is 2. The van der Waals surface area contributed by atoms with E-state index in [-0.39, 0.29) is 5.75 Å². The molecule has 8 nitrogen and oxygen atoms in total. The van der Waals surface area contributed by atoms with Crippen LogP contribution in [0.15, 0.2) is 47.4 Å². The number of benzene rings is 2. The molecule has 0 aromatic heterocycles. The van der Waals surface area contributed by atoms with Crippen LogP contribution >= 0.6 is 0 Å². The topological polar surface area (TPSA) is 95.9 Å². The molecule has 0 radical (unpaired) electrons. The first kappa shape index (κ1) is 34.7. The highest BCUT2D eigenvalue weighted by Crippen LogP contribution is 2.50. The van der Waals surface area contributed by atoms with Gasteiger partial charge in [0.25, 0.3) is 0 Å². The summed E-state index contributed by atoms with van der Waals surface area (Å²) in [5.74, 6) is 0.270. The molecule has 2 N–H and O–H groups in total. The van der Waals surface area contributed by atoms with E-state index in [4.69, 9.17) is 4.74 Å². The molecule has 4 heterocycles. The smallest absolute Gasteiger partial charge is 0.411 e. The summed E-state index contributed by atoms with van der Waals surface area (Å²) in [7, 11) is 0.173. The van der Waals surface area contributed by atoms with Crippen LogP contribution in [0, 0.1) is 11.3 Å². The Morgan fingerprint density at radius 3 is 2.30 bits per heavy atom. The monoisotopic (exact) mass is 654 g/mol. The fourth-order valence-corrected chi connectivity index (χ4v) is 10.6. The highest BCUT2D eigenvalue weighted by molar-refractivity contribution is 7.91. The lowest BCUT2D eigenvalue weighted by Crippen LogP contribution is -2.58. The third-order valence-electron chi connectivity index (χ3n) is 11.2. The minimum absolute atomic E-state index is 0.0726. The van der Waals surface area contributed by atoms with Crippen LogP contribution in [0.25, 0.3) is 0 Å². The van der Waals surface area contributed by atoms with E-state index in [1.54, 1.807) is 6.07 Å². The number of nitrogens with one attached hydrogen (secondary N) is 1. The van der Waals surface area contributed by atoms with E-state index in [0.717, 1.165) is 55.8 Å². The zero-order chi connectivity index (χ0) is 33.0. The summed E-state index contributed by atoms with van der Waals surface area (Å²) in [6.07, 6.45) is 8.24. The highest BCUT2D eigenvalue weighted by atomic mass is 32.2. The van der Waals surface area contributed by atoms with Crippen molar-refractivity contribution < 1.29 is 27.5 Å². The van der Waals surface area contributed by atoms with Gasteiger partial charge in [0.05, 0.1) is 49.5 Å². The molecule has 2 aromatic rings. The molecule has 4 aliphatic rings. The minimum Gasteiger partial charge on any atom is -0.449 e. The second-order valence-electron chi connectivity index (χ2n) is 14.6. The fourth-order valence-electron chi connectivity index (χ4n) is 8.39. The van der Waals surface area contributed by atoms with Crippen molar-refractivity contribution in [2.75, 3.05) is 62.9 Å². The van der Waals surface area contributed by atoms with Crippen molar-refractivity contribution in [1.82, 2.24) is 0 Å². The number of aliphatic hydroxyl groups is 1. The minimum atomic E-state index is -3.69. The van der Waals surface area contributed by atoms with Crippen molar-refractivity contribution in [3.63, 3.8) is 0 Å². The Labute approximate surface area is 277 Å². The summed E-state index contributed by atoms with van der Waals surface area (Å²) < 4.78 is 35.0. The van der Waals surface area contributed by atoms with Crippen molar-refractivity contribution in [1.29, 1.82) is 0 Å². The number of fused-ring (bicyclic) bond motifs is 4. The lowest BCUT2D eigenvalue weighted by molar-refractivity contribution is -0.942. The van der Waals surface area contributed by atoms with E-state index in [0.29, 0.717) is 35.6 Å². The van der Waals surface area contributed by atoms with E-state index in [9.17, 15) is 18.3 Å². The first-order valence-electron chi connectivity index (χ1n) is 17.6. The summed E-state index contributed by atoms with van der Waals surface area (Å²) in [5.41, 5.74) is 2.05. The number of amides is 1. The zero-order valence-electron chi connectivity index (χ0n) is 28.5. The zero-order valence-corrected chi connectivity index (χ0v) is 29.3. The maximum Gasteiger partial charge on any atom is 0.411 e. The van der Waals surface area contributed by atoms with Crippen LogP contribution in [0.4, 0.5) is 16.2 Å². The number of hydrogen-bond donors (Lipinski definition) is 2. The fraction of sp³-hybridized carbons (Fsp3) is 0.649. The maximum absolute atomic E-state index is 14.1. The molecule has 0 aliphatic carbocycles. The van der Waals surface area contributed by atoms with Gasteiger partial charge in [0.2, 0.25) is 0 Å². The molecule has 2 aromatic carbocycles. The van der Waals surface area contributed by atoms with Gasteiger partial charge >= 0.3 is 6.09 Å². The van der Waals surface area contributed by atoms with Crippen LogP contribution in [-0.4, -0.2) is 82.8 Å². The van der Waals surface area contributed by atoms with Crippen LogP contribution in [0.2, 0.25) is 0 Å². The van der Waals surface area contributed by atoms with E-state index in [1.807, 2.05) is 55.4 Å². The number of nitrogens with zero attached hydrogens (tertiary/aromatic N) is 2. The Morgan fingerprint density at radius 2 is 1.67 bits per heavy atom. The number of anilines is 2. The van der Waals surface area contributed by atoms with Gasteiger partial charge in [0.15, 0.2) is 9.84 Å². The maximum atomic E-state index is 14.1. The molecule has 0 unspecified atom stereocenters. The van der Waals surface area contributed by atoms with E-state index in [1.165, 1.54) is 43.4 Å². The first-order valence-corrected chi connectivity index (χ1v) is 19.3. The largest absolute Gasteiger partial charge is 0.449 e. The molecule has 2 bridgehead atoms. The van der Waals surface area contributed by atoms with Crippen molar-refractivity contribution in [3.8, 4) is 0 Å². The van der Waals surface area contributed by atoms with Crippen molar-refractivity contribution >= 4 is 27.3 Å². The summed E-state index contributed by atoms with van der Waals surface area (Å²) in [6.45, 7) is 9.43. The Hall–Kier alpha value is -2.62. The number of aliphatic hydroxyl groups excluding tert-OH is 1. The van der Waals surface area contributed by atoms with Crippen LogP contribution in [-0.2, 0) is 14.6 Å². The lowest BCUT2D eigenvalue weighted by atomic mass is 9.68. The Balaban J connectivity index is 1.40. The van der Waals surface area contributed by atoms with Gasteiger partial charge in [0.1, 0.15) is 0 Å². The van der Waals surface area contributed by atoms with Gasteiger partial charge in [-0.15, -0.1) is 0 Å². The first-order chi connectivity index (χ1) is 22.0. The molecule has 9 heteroatoms. The van der Waals surface area contributed by atoms with Gasteiger partial charge in [-0.25, -0.2) is 13.2 Å². The van der Waals surface area contributed by atoms with Gasteiger partial charge in [-0.2, -0.15) is 0 Å². The molecule has 254 valence electrons. The Kier molecular flexibility index (Phi) is 11.1. The third-order valence-corrected chi connectivity index (χ3v) is 13.2. The van der Waals surface area contributed by atoms with Crippen molar-refractivity contribution in [2.24, 2.45) is 11.3 Å². The average Bonchev–Trinajstić information content (AvgIpc) is 3.12. The quantitative estimate of drug-likeness (QED) is 0.179. The molecule has 1 amide bonds. The molecule has 0 spiro atoms. The number of piperidine rings is 3. The number of hydrogen-bond acceptors (Lipinski definition) is 6. The van der Waals surface area contributed by atoms with Crippen molar-refractivity contribution in [3.05, 3.63) is 53.6 Å². The van der Waals surface area contributed by atoms with Gasteiger partial charge in [-0.3, -0.25) is 5.32 Å². The standard InChI is InChI=1S/C37H55N3O5S/c1-5-7-18-37(19-8-6-2)27-46(43,44)33-14-13-31(39(3)4)26-32(33)34(35(37)41)29-11-9-12-30(25-29)38-36(42)45-24-10-20-40-21-15-28(16-22-40)17-23-40/h9,11-14,25-26,28,34-35,41H,5-8,10,15-24,27H2,1-4H3/p+1/t28?,34-,35-,40?/m1/s1. The molecule has 6 rings (SSSR count). The Bertz CT molecular complexity index is 1430. The Morgan fingerprint density at radius 1 is 1.00 bits per heavy atom. The predicted molar refractivity (Wildman–Crippen MR) is 185 cm³/mol. The van der Waals surface area contributed by atoms with E-state index in [2.05, 4.69) is 19.2 Å². The summed E-state index contributed by atoms with van der Waals surface area (Å²) >= 11 is 0. The van der Waals surface area contributed by atoms with Gasteiger partial charge < -0.3 is 19.2 Å². The second-order valence-corrected chi connectivity index (χ2v) is 16.5. The molecule has 46 heavy (non-hydrogen) atoms. The normalized spacial score (nSPS) is 26.2. The number of rotatable bonds is 13. The predicted octanol–water partition coefficient (Wildman–Crippen LogP) is 6.97. The molecular weight excluding hydrogens is 598 g/mol. The summed E-state index contributed by atoms with van der Waals surface area (Å²) in [4.78, 5) is 15.1. The number of ether oxygens (including phenoxy) is 1. The summed E-state index contributed by atoms with van der Waals surface area (Å²) in [6, 6.07) is 13.0. The van der Waals surface area contributed by atoms with Crippen LogP contribution < -0.4 is 10.2 Å². The molecule has 3 fully saturated rings. The SMILES string of the molecule is CCCCC1(CCCC)CS(=O)(=O)c2ccc(N(C)C)cc2[C@@H](c2cccc(NC(=O)OCCC[N+]34CCC(CC3)CC4)c2)[C@H]1O. The lowest BCUT2D eigenvalue weighted by Gasteiger charge is -2.49.